The quantitative estimate of drug-likeness (QED) is 0.861. The predicted molar refractivity (Wildman–Crippen MR) is 60.5 cm³/mol. The van der Waals surface area contributed by atoms with Gasteiger partial charge in [0.15, 0.2) is 0 Å². The molecule has 0 bridgehead atoms. The van der Waals surface area contributed by atoms with Crippen LogP contribution >= 0.6 is 0 Å². The predicted octanol–water partition coefficient (Wildman–Crippen LogP) is 3.03. The minimum Gasteiger partial charge on any atom is -0.464 e. The van der Waals surface area contributed by atoms with E-state index >= 15 is 0 Å². The maximum atomic E-state index is 13.5. The number of rotatable bonds is 3. The van der Waals surface area contributed by atoms with Crippen molar-refractivity contribution in [2.24, 2.45) is 5.73 Å². The topological polar surface area (TPSA) is 39.2 Å². The fourth-order valence-electron chi connectivity index (χ4n) is 1.63. The second kappa shape index (κ2) is 4.49. The second-order valence-electron chi connectivity index (χ2n) is 3.66. The van der Waals surface area contributed by atoms with Gasteiger partial charge in [0.1, 0.15) is 17.3 Å². The first-order valence-corrected chi connectivity index (χ1v) is 5.31. The highest BCUT2D eigenvalue weighted by Crippen LogP contribution is 2.23. The van der Waals surface area contributed by atoms with Crippen molar-refractivity contribution in [2.45, 2.75) is 19.4 Å². The Balaban J connectivity index is 2.31. The molecule has 1 heterocycles. The van der Waals surface area contributed by atoms with E-state index in [0.29, 0.717) is 11.3 Å². The van der Waals surface area contributed by atoms with Crippen LogP contribution in [0.4, 0.5) is 4.39 Å². The van der Waals surface area contributed by atoms with Crippen LogP contribution in [-0.4, -0.2) is 0 Å². The van der Waals surface area contributed by atoms with Crippen molar-refractivity contribution in [1.82, 2.24) is 0 Å². The van der Waals surface area contributed by atoms with Crippen LogP contribution in [0.5, 0.6) is 0 Å². The van der Waals surface area contributed by atoms with Gasteiger partial charge in [-0.2, -0.15) is 0 Å². The van der Waals surface area contributed by atoms with Gasteiger partial charge in [-0.05, 0) is 18.2 Å². The molecule has 2 aromatic rings. The minimum atomic E-state index is -0.540. The summed E-state index contributed by atoms with van der Waals surface area (Å²) in [6, 6.07) is 9.62. The molecule has 0 saturated carbocycles. The van der Waals surface area contributed by atoms with Gasteiger partial charge in [-0.1, -0.05) is 25.1 Å². The van der Waals surface area contributed by atoms with Gasteiger partial charge in [0.05, 0.1) is 6.04 Å². The second-order valence-corrected chi connectivity index (χ2v) is 3.66. The van der Waals surface area contributed by atoms with Gasteiger partial charge in [-0.3, -0.25) is 0 Å². The zero-order chi connectivity index (χ0) is 11.5. The molecule has 2 rings (SSSR count). The van der Waals surface area contributed by atoms with Crippen molar-refractivity contribution in [2.75, 3.05) is 0 Å². The van der Waals surface area contributed by atoms with E-state index in [1.165, 1.54) is 6.07 Å². The molecule has 0 saturated heterocycles. The molecule has 1 unspecified atom stereocenters. The van der Waals surface area contributed by atoms with E-state index in [0.717, 1.165) is 12.2 Å². The fraction of sp³-hybridized carbons (Fsp3) is 0.231. The molecular formula is C13H14FNO. The molecule has 2 N–H and O–H groups in total. The standard InChI is InChI=1S/C13H14FNO/c1-2-9-7-8-12(16-9)13(15)10-5-3-4-6-11(10)14/h3-8,13H,2,15H2,1H3. The summed E-state index contributed by atoms with van der Waals surface area (Å²) in [5, 5.41) is 0. The zero-order valence-electron chi connectivity index (χ0n) is 9.11. The smallest absolute Gasteiger partial charge is 0.128 e. The molecule has 0 aliphatic rings. The highest BCUT2D eigenvalue weighted by atomic mass is 19.1. The first kappa shape index (κ1) is 10.9. The van der Waals surface area contributed by atoms with E-state index in [9.17, 15) is 4.39 Å². The Kier molecular flexibility index (Phi) is 3.06. The molecule has 3 heteroatoms. The summed E-state index contributed by atoms with van der Waals surface area (Å²) in [4.78, 5) is 0. The van der Waals surface area contributed by atoms with Gasteiger partial charge < -0.3 is 10.2 Å². The number of aryl methyl sites for hydroxylation is 1. The third-order valence-corrected chi connectivity index (χ3v) is 2.58. The average molecular weight is 219 g/mol. The van der Waals surface area contributed by atoms with E-state index < -0.39 is 6.04 Å². The van der Waals surface area contributed by atoms with E-state index in [1.807, 2.05) is 13.0 Å². The molecule has 0 aliphatic carbocycles. The van der Waals surface area contributed by atoms with Gasteiger partial charge in [0.25, 0.3) is 0 Å². The molecule has 2 nitrogen and oxygen atoms in total. The lowest BCUT2D eigenvalue weighted by molar-refractivity contribution is 0.448. The highest BCUT2D eigenvalue weighted by Gasteiger charge is 2.16. The van der Waals surface area contributed by atoms with E-state index in [4.69, 9.17) is 10.2 Å². The van der Waals surface area contributed by atoms with Crippen LogP contribution in [0.15, 0.2) is 40.8 Å². The van der Waals surface area contributed by atoms with Crippen molar-refractivity contribution in [3.05, 3.63) is 59.3 Å². The van der Waals surface area contributed by atoms with Crippen LogP contribution in [0.3, 0.4) is 0 Å². The number of halogens is 1. The van der Waals surface area contributed by atoms with Crippen molar-refractivity contribution >= 4 is 0 Å². The maximum Gasteiger partial charge on any atom is 0.128 e. The summed E-state index contributed by atoms with van der Waals surface area (Å²) in [5.74, 6) is 1.16. The van der Waals surface area contributed by atoms with Crippen molar-refractivity contribution in [3.63, 3.8) is 0 Å². The fourth-order valence-corrected chi connectivity index (χ4v) is 1.63. The monoisotopic (exact) mass is 219 g/mol. The molecule has 1 aromatic heterocycles. The number of benzene rings is 1. The molecule has 0 aliphatic heterocycles. The van der Waals surface area contributed by atoms with Gasteiger partial charge >= 0.3 is 0 Å². The Morgan fingerprint density at radius 2 is 2.00 bits per heavy atom. The van der Waals surface area contributed by atoms with Crippen LogP contribution in [-0.2, 0) is 6.42 Å². The molecule has 0 radical (unpaired) electrons. The summed E-state index contributed by atoms with van der Waals surface area (Å²) in [6.45, 7) is 2.00. The summed E-state index contributed by atoms with van der Waals surface area (Å²) < 4.78 is 19.0. The molecule has 0 amide bonds. The van der Waals surface area contributed by atoms with Crippen LogP contribution in [0.25, 0.3) is 0 Å². The Hall–Kier alpha value is -1.61. The van der Waals surface area contributed by atoms with E-state index in [2.05, 4.69) is 0 Å². The Morgan fingerprint density at radius 3 is 2.62 bits per heavy atom. The molecule has 84 valence electrons. The third-order valence-electron chi connectivity index (χ3n) is 2.58. The lowest BCUT2D eigenvalue weighted by atomic mass is 10.1. The number of nitrogens with two attached hydrogens (primary N) is 1. The Morgan fingerprint density at radius 1 is 1.25 bits per heavy atom. The molecule has 16 heavy (non-hydrogen) atoms. The van der Waals surface area contributed by atoms with Gasteiger partial charge in [-0.15, -0.1) is 0 Å². The van der Waals surface area contributed by atoms with E-state index in [1.54, 1.807) is 24.3 Å². The van der Waals surface area contributed by atoms with Crippen LogP contribution in [0.2, 0.25) is 0 Å². The largest absolute Gasteiger partial charge is 0.464 e. The summed E-state index contributed by atoms with van der Waals surface area (Å²) >= 11 is 0. The zero-order valence-corrected chi connectivity index (χ0v) is 9.11. The lowest BCUT2D eigenvalue weighted by Gasteiger charge is -2.09. The van der Waals surface area contributed by atoms with Crippen molar-refractivity contribution in [1.29, 1.82) is 0 Å². The molecule has 0 fully saturated rings. The lowest BCUT2D eigenvalue weighted by Crippen LogP contribution is -2.12. The molecule has 1 aromatic carbocycles. The summed E-state index contributed by atoms with van der Waals surface area (Å²) in [5.41, 5.74) is 6.41. The molecular weight excluding hydrogens is 205 g/mol. The SMILES string of the molecule is CCc1ccc(C(N)c2ccccc2F)o1. The molecule has 1 atom stereocenters. The molecule has 0 spiro atoms. The van der Waals surface area contributed by atoms with E-state index in [-0.39, 0.29) is 5.82 Å². The van der Waals surface area contributed by atoms with Gasteiger partial charge in [-0.25, -0.2) is 4.39 Å². The maximum absolute atomic E-state index is 13.5. The summed E-state index contributed by atoms with van der Waals surface area (Å²) in [7, 11) is 0. The normalized spacial score (nSPS) is 12.7. The van der Waals surface area contributed by atoms with Crippen LogP contribution < -0.4 is 5.73 Å². The number of hydrogen-bond acceptors (Lipinski definition) is 2. The Bertz CT molecular complexity index is 478. The Labute approximate surface area is 93.9 Å². The van der Waals surface area contributed by atoms with Crippen LogP contribution in [0, 0.1) is 5.82 Å². The van der Waals surface area contributed by atoms with Crippen molar-refractivity contribution in [3.8, 4) is 0 Å². The minimum absolute atomic E-state index is 0.301. The number of hydrogen-bond donors (Lipinski definition) is 1. The van der Waals surface area contributed by atoms with Gasteiger partial charge in [0.2, 0.25) is 0 Å². The van der Waals surface area contributed by atoms with Crippen LogP contribution in [0.1, 0.15) is 30.0 Å². The number of furan rings is 1. The first-order chi connectivity index (χ1) is 7.72. The average Bonchev–Trinajstić information content (AvgIpc) is 2.77. The highest BCUT2D eigenvalue weighted by molar-refractivity contribution is 5.28. The van der Waals surface area contributed by atoms with Crippen molar-refractivity contribution < 1.29 is 8.81 Å². The van der Waals surface area contributed by atoms with Gasteiger partial charge in [0, 0.05) is 12.0 Å². The summed E-state index contributed by atoms with van der Waals surface area (Å²) in [6.07, 6.45) is 0.810. The third kappa shape index (κ3) is 1.99. The first-order valence-electron chi connectivity index (χ1n) is 5.31.